The summed E-state index contributed by atoms with van der Waals surface area (Å²) >= 11 is 0. The average molecular weight is 391 g/mol. The third-order valence-electron chi connectivity index (χ3n) is 4.43. The third kappa shape index (κ3) is 4.54. The molecule has 6 heteroatoms. The average Bonchev–Trinajstić information content (AvgIpc) is 2.64. The van der Waals surface area contributed by atoms with Gasteiger partial charge >= 0.3 is 0 Å². The number of carbonyl (C=O) groups excluding carboxylic acids is 1. The number of amides is 1. The van der Waals surface area contributed by atoms with Crippen LogP contribution in [0.15, 0.2) is 36.4 Å². The highest BCUT2D eigenvalue weighted by atomic mass is 16.5. The van der Waals surface area contributed by atoms with Crippen molar-refractivity contribution < 1.29 is 14.3 Å². The minimum absolute atomic E-state index is 0.159. The van der Waals surface area contributed by atoms with E-state index in [-0.39, 0.29) is 11.4 Å². The first-order chi connectivity index (χ1) is 13.8. The van der Waals surface area contributed by atoms with E-state index >= 15 is 0 Å². The molecule has 0 saturated heterocycles. The lowest BCUT2D eigenvalue weighted by atomic mass is 10.1. The summed E-state index contributed by atoms with van der Waals surface area (Å²) in [5.74, 6) is 0.742. The van der Waals surface area contributed by atoms with Gasteiger partial charge < -0.3 is 15.2 Å². The second-order valence-electron chi connectivity index (χ2n) is 7.04. The number of primary amides is 1. The van der Waals surface area contributed by atoms with E-state index < -0.39 is 5.91 Å². The molecule has 1 amide bonds. The van der Waals surface area contributed by atoms with E-state index in [1.165, 1.54) is 0 Å². The standard InChI is InChI=1S/C23H25N3O3/c1-6-28-20-12-14(3)11-19(25-20)18-8-7-17(22(24)27)23(26-18)29-21-15(4)9-13(2)10-16(21)5/h7-12H,6H2,1-5H3,(H2,24,27). The number of aromatic nitrogens is 2. The summed E-state index contributed by atoms with van der Waals surface area (Å²) in [7, 11) is 0. The molecule has 2 N–H and O–H groups in total. The van der Waals surface area contributed by atoms with Crippen molar-refractivity contribution in [2.45, 2.75) is 34.6 Å². The normalized spacial score (nSPS) is 10.7. The summed E-state index contributed by atoms with van der Waals surface area (Å²) in [5.41, 5.74) is 11.0. The maximum absolute atomic E-state index is 11.9. The molecule has 0 aliphatic heterocycles. The zero-order valence-electron chi connectivity index (χ0n) is 17.4. The lowest BCUT2D eigenvalue weighted by Gasteiger charge is -2.15. The van der Waals surface area contributed by atoms with Crippen molar-refractivity contribution in [1.29, 1.82) is 0 Å². The molecule has 0 aliphatic rings. The van der Waals surface area contributed by atoms with Crippen LogP contribution in [0.3, 0.4) is 0 Å². The zero-order valence-corrected chi connectivity index (χ0v) is 17.4. The van der Waals surface area contributed by atoms with Crippen molar-refractivity contribution in [2.24, 2.45) is 5.73 Å². The Bertz CT molecular complexity index is 1050. The third-order valence-corrected chi connectivity index (χ3v) is 4.43. The van der Waals surface area contributed by atoms with Gasteiger partial charge in [0, 0.05) is 6.07 Å². The Morgan fingerprint density at radius 3 is 2.21 bits per heavy atom. The van der Waals surface area contributed by atoms with Crippen LogP contribution in [-0.4, -0.2) is 22.5 Å². The first-order valence-electron chi connectivity index (χ1n) is 9.47. The molecule has 0 aliphatic carbocycles. The Hall–Kier alpha value is -3.41. The number of pyridine rings is 2. The van der Waals surface area contributed by atoms with E-state index in [1.807, 2.05) is 58.9 Å². The summed E-state index contributed by atoms with van der Waals surface area (Å²) in [5, 5.41) is 0. The van der Waals surface area contributed by atoms with E-state index in [0.29, 0.717) is 29.6 Å². The SMILES string of the molecule is CCOc1cc(C)cc(-c2ccc(C(N)=O)c(Oc3c(C)cc(C)cc3C)n2)n1. The van der Waals surface area contributed by atoms with Crippen LogP contribution in [-0.2, 0) is 0 Å². The summed E-state index contributed by atoms with van der Waals surface area (Å²) in [6, 6.07) is 11.1. The maximum Gasteiger partial charge on any atom is 0.254 e. The lowest BCUT2D eigenvalue weighted by Crippen LogP contribution is -2.13. The van der Waals surface area contributed by atoms with Crippen LogP contribution in [0.5, 0.6) is 17.5 Å². The molecule has 0 spiro atoms. The highest BCUT2D eigenvalue weighted by Gasteiger charge is 2.17. The predicted octanol–water partition coefficient (Wildman–Crippen LogP) is 4.67. The molecular weight excluding hydrogens is 366 g/mol. The Morgan fingerprint density at radius 1 is 0.931 bits per heavy atom. The Labute approximate surface area is 170 Å². The molecule has 0 atom stereocenters. The number of rotatable bonds is 6. The quantitative estimate of drug-likeness (QED) is 0.660. The van der Waals surface area contributed by atoms with Crippen LogP contribution >= 0.6 is 0 Å². The van der Waals surface area contributed by atoms with E-state index in [4.69, 9.17) is 15.2 Å². The number of carbonyl (C=O) groups is 1. The van der Waals surface area contributed by atoms with Gasteiger partial charge in [0.1, 0.15) is 11.3 Å². The van der Waals surface area contributed by atoms with Gasteiger partial charge in [-0.25, -0.2) is 9.97 Å². The van der Waals surface area contributed by atoms with Crippen molar-refractivity contribution in [3.63, 3.8) is 0 Å². The van der Waals surface area contributed by atoms with Gasteiger partial charge in [-0.15, -0.1) is 0 Å². The molecule has 29 heavy (non-hydrogen) atoms. The van der Waals surface area contributed by atoms with Crippen molar-refractivity contribution in [3.05, 3.63) is 64.2 Å². The van der Waals surface area contributed by atoms with Crippen molar-refractivity contribution in [3.8, 4) is 28.9 Å². The number of hydrogen-bond donors (Lipinski definition) is 1. The summed E-state index contributed by atoms with van der Waals surface area (Å²) in [4.78, 5) is 21.0. The molecule has 2 heterocycles. The molecule has 0 fully saturated rings. The fourth-order valence-corrected chi connectivity index (χ4v) is 3.26. The molecule has 6 nitrogen and oxygen atoms in total. The molecule has 3 aromatic rings. The molecule has 1 aromatic carbocycles. The highest BCUT2D eigenvalue weighted by Crippen LogP contribution is 2.32. The van der Waals surface area contributed by atoms with Gasteiger partial charge in [0.25, 0.3) is 5.91 Å². The smallest absolute Gasteiger partial charge is 0.254 e. The number of nitrogens with two attached hydrogens (primary N) is 1. The predicted molar refractivity (Wildman–Crippen MR) is 113 cm³/mol. The van der Waals surface area contributed by atoms with Gasteiger partial charge in [-0.1, -0.05) is 17.7 Å². The van der Waals surface area contributed by atoms with Crippen LogP contribution in [0.25, 0.3) is 11.4 Å². The summed E-state index contributed by atoms with van der Waals surface area (Å²) < 4.78 is 11.6. The number of nitrogens with zero attached hydrogens (tertiary/aromatic N) is 2. The van der Waals surface area contributed by atoms with Crippen LogP contribution in [0.4, 0.5) is 0 Å². The first-order valence-corrected chi connectivity index (χ1v) is 9.47. The Kier molecular flexibility index (Phi) is 5.82. The minimum atomic E-state index is -0.603. The minimum Gasteiger partial charge on any atom is -0.478 e. The Morgan fingerprint density at radius 2 is 1.59 bits per heavy atom. The fraction of sp³-hybridized carbons (Fsp3) is 0.261. The second-order valence-corrected chi connectivity index (χ2v) is 7.04. The van der Waals surface area contributed by atoms with Crippen molar-refractivity contribution in [1.82, 2.24) is 9.97 Å². The van der Waals surface area contributed by atoms with Gasteiger partial charge in [0.05, 0.1) is 18.0 Å². The molecule has 150 valence electrons. The summed E-state index contributed by atoms with van der Waals surface area (Å²) in [6.45, 7) is 10.3. The topological polar surface area (TPSA) is 87.3 Å². The number of hydrogen-bond acceptors (Lipinski definition) is 5. The Balaban J connectivity index is 2.09. The zero-order chi connectivity index (χ0) is 21.1. The number of aryl methyl sites for hydroxylation is 4. The molecule has 0 unspecified atom stereocenters. The van der Waals surface area contributed by atoms with Crippen molar-refractivity contribution in [2.75, 3.05) is 6.61 Å². The molecule has 0 bridgehead atoms. The van der Waals surface area contributed by atoms with Crippen LogP contribution < -0.4 is 15.2 Å². The maximum atomic E-state index is 11.9. The van der Waals surface area contributed by atoms with Gasteiger partial charge in [-0.3, -0.25) is 4.79 Å². The highest BCUT2D eigenvalue weighted by molar-refractivity contribution is 5.95. The van der Waals surface area contributed by atoms with E-state index in [0.717, 1.165) is 22.3 Å². The molecule has 0 saturated carbocycles. The van der Waals surface area contributed by atoms with E-state index in [1.54, 1.807) is 12.1 Å². The van der Waals surface area contributed by atoms with Gasteiger partial charge in [0.15, 0.2) is 0 Å². The molecule has 3 rings (SSSR count). The first kappa shape index (κ1) is 20.3. The molecular formula is C23H25N3O3. The van der Waals surface area contributed by atoms with Gasteiger partial charge in [-0.05, 0) is 69.5 Å². The largest absolute Gasteiger partial charge is 0.478 e. The van der Waals surface area contributed by atoms with Crippen LogP contribution in [0.1, 0.15) is 39.5 Å². The molecule has 0 radical (unpaired) electrons. The number of benzene rings is 1. The lowest BCUT2D eigenvalue weighted by molar-refractivity contribution is 0.0997. The van der Waals surface area contributed by atoms with E-state index in [2.05, 4.69) is 9.97 Å². The van der Waals surface area contributed by atoms with Gasteiger partial charge in [0.2, 0.25) is 11.8 Å². The second kappa shape index (κ2) is 8.31. The van der Waals surface area contributed by atoms with Crippen LogP contribution in [0.2, 0.25) is 0 Å². The van der Waals surface area contributed by atoms with Crippen LogP contribution in [0, 0.1) is 27.7 Å². The monoisotopic (exact) mass is 391 g/mol. The van der Waals surface area contributed by atoms with Crippen molar-refractivity contribution >= 4 is 5.91 Å². The molecule has 2 aromatic heterocycles. The number of ether oxygens (including phenoxy) is 2. The summed E-state index contributed by atoms with van der Waals surface area (Å²) in [6.07, 6.45) is 0. The van der Waals surface area contributed by atoms with Gasteiger partial charge in [-0.2, -0.15) is 0 Å². The van der Waals surface area contributed by atoms with E-state index in [9.17, 15) is 4.79 Å². The fourth-order valence-electron chi connectivity index (χ4n) is 3.26.